The van der Waals surface area contributed by atoms with E-state index < -0.39 is 17.8 Å². The van der Waals surface area contributed by atoms with Crippen molar-refractivity contribution in [1.29, 1.82) is 0 Å². The van der Waals surface area contributed by atoms with Crippen LogP contribution in [0.25, 0.3) is 0 Å². The zero-order chi connectivity index (χ0) is 23.6. The Morgan fingerprint density at radius 2 is 1.94 bits per heavy atom. The summed E-state index contributed by atoms with van der Waals surface area (Å²) in [6.07, 6.45) is -2.48. The molecule has 0 saturated heterocycles. The molecular formula is C23H22F3N5O2. The van der Waals surface area contributed by atoms with Crippen LogP contribution in [-0.2, 0) is 12.6 Å². The molecule has 1 aliphatic heterocycles. The van der Waals surface area contributed by atoms with E-state index in [4.69, 9.17) is 4.74 Å². The van der Waals surface area contributed by atoms with Gasteiger partial charge < -0.3 is 15.4 Å². The lowest BCUT2D eigenvalue weighted by atomic mass is 10.1. The second-order valence-corrected chi connectivity index (χ2v) is 7.84. The summed E-state index contributed by atoms with van der Waals surface area (Å²) in [5.74, 6) is 1.59. The molecule has 0 atom stereocenters. The number of hydrogen-bond donors (Lipinski definition) is 2. The van der Waals surface area contributed by atoms with Gasteiger partial charge in [-0.1, -0.05) is 6.07 Å². The molecule has 172 valence electrons. The second-order valence-electron chi connectivity index (χ2n) is 7.84. The Morgan fingerprint density at radius 1 is 1.12 bits per heavy atom. The van der Waals surface area contributed by atoms with Gasteiger partial charge in [0.05, 0.1) is 5.56 Å². The van der Waals surface area contributed by atoms with Crippen molar-refractivity contribution >= 4 is 23.2 Å². The summed E-state index contributed by atoms with van der Waals surface area (Å²) in [4.78, 5) is 22.5. The van der Waals surface area contributed by atoms with Crippen molar-refractivity contribution in [3.8, 4) is 11.6 Å². The van der Waals surface area contributed by atoms with E-state index >= 15 is 0 Å². The highest BCUT2D eigenvalue weighted by Gasteiger charge is 2.31. The van der Waals surface area contributed by atoms with Crippen LogP contribution in [0.2, 0.25) is 0 Å². The molecule has 10 heteroatoms. The largest absolute Gasteiger partial charge is 0.439 e. The molecule has 2 amide bonds. The van der Waals surface area contributed by atoms with Gasteiger partial charge in [-0.15, -0.1) is 0 Å². The number of nitrogens with one attached hydrogen (secondary N) is 2. The molecule has 4 rings (SSSR count). The fourth-order valence-electron chi connectivity index (χ4n) is 3.51. The van der Waals surface area contributed by atoms with Crippen molar-refractivity contribution in [2.24, 2.45) is 0 Å². The number of alkyl halides is 3. The first-order valence-electron chi connectivity index (χ1n) is 10.3. The Labute approximate surface area is 188 Å². The van der Waals surface area contributed by atoms with Gasteiger partial charge in [-0.25, -0.2) is 14.8 Å². The van der Waals surface area contributed by atoms with E-state index in [0.29, 0.717) is 36.1 Å². The Morgan fingerprint density at radius 3 is 2.70 bits per heavy atom. The third kappa shape index (κ3) is 5.33. The lowest BCUT2D eigenvalue weighted by molar-refractivity contribution is -0.137. The number of fused-ring (bicyclic) bond motifs is 1. The highest BCUT2D eigenvalue weighted by Crippen LogP contribution is 2.34. The van der Waals surface area contributed by atoms with E-state index in [2.05, 4.69) is 20.6 Å². The van der Waals surface area contributed by atoms with Crippen molar-refractivity contribution < 1.29 is 22.7 Å². The molecule has 2 aromatic carbocycles. The molecule has 0 spiro atoms. The van der Waals surface area contributed by atoms with Crippen molar-refractivity contribution in [3.05, 3.63) is 66.0 Å². The van der Waals surface area contributed by atoms with Crippen molar-refractivity contribution in [3.63, 3.8) is 0 Å². The molecule has 33 heavy (non-hydrogen) atoms. The van der Waals surface area contributed by atoms with Gasteiger partial charge in [0.15, 0.2) is 0 Å². The van der Waals surface area contributed by atoms with E-state index in [1.807, 2.05) is 19.9 Å². The first-order valence-corrected chi connectivity index (χ1v) is 10.3. The Bertz CT molecular complexity index is 1170. The monoisotopic (exact) mass is 457 g/mol. The summed E-state index contributed by atoms with van der Waals surface area (Å²) < 4.78 is 44.6. The third-order valence-corrected chi connectivity index (χ3v) is 4.93. The Balaban J connectivity index is 1.46. The number of aromatic nitrogens is 2. The fourth-order valence-corrected chi connectivity index (χ4v) is 3.51. The number of urea groups is 1. The van der Waals surface area contributed by atoms with Crippen molar-refractivity contribution in [2.45, 2.75) is 32.5 Å². The molecule has 3 aromatic rings. The van der Waals surface area contributed by atoms with Crippen LogP contribution in [0, 0.1) is 0 Å². The normalized spacial score (nSPS) is 13.1. The van der Waals surface area contributed by atoms with Gasteiger partial charge in [0.2, 0.25) is 5.88 Å². The van der Waals surface area contributed by atoms with Gasteiger partial charge in [0, 0.05) is 30.0 Å². The second kappa shape index (κ2) is 8.97. The highest BCUT2D eigenvalue weighted by atomic mass is 19.4. The number of halogens is 3. The average molecular weight is 457 g/mol. The number of anilines is 3. The number of hydrogen-bond acceptors (Lipinski definition) is 5. The quantitative estimate of drug-likeness (QED) is 0.514. The Kier molecular flexibility index (Phi) is 6.08. The maximum Gasteiger partial charge on any atom is 0.416 e. The molecule has 0 radical (unpaired) electrons. The number of amides is 2. The molecule has 0 aliphatic carbocycles. The van der Waals surface area contributed by atoms with E-state index in [-0.39, 0.29) is 11.7 Å². The molecule has 2 heterocycles. The maximum absolute atomic E-state index is 12.9. The summed E-state index contributed by atoms with van der Waals surface area (Å²) in [5, 5.41) is 5.72. The van der Waals surface area contributed by atoms with Gasteiger partial charge >= 0.3 is 12.2 Å². The zero-order valence-electron chi connectivity index (χ0n) is 18.0. The van der Waals surface area contributed by atoms with Crippen LogP contribution >= 0.6 is 0 Å². The summed E-state index contributed by atoms with van der Waals surface area (Å²) in [7, 11) is 0. The summed E-state index contributed by atoms with van der Waals surface area (Å²) in [6, 6.07) is 11.2. The number of carbonyl (C=O) groups is 1. The molecule has 0 fully saturated rings. The zero-order valence-corrected chi connectivity index (χ0v) is 18.0. The van der Waals surface area contributed by atoms with Gasteiger partial charge in [-0.05, 0) is 62.2 Å². The fraction of sp³-hybridized carbons (Fsp3) is 0.261. The third-order valence-electron chi connectivity index (χ3n) is 4.93. The van der Waals surface area contributed by atoms with Gasteiger partial charge in [-0.3, -0.25) is 4.90 Å². The smallest absolute Gasteiger partial charge is 0.416 e. The average Bonchev–Trinajstić information content (AvgIpc) is 3.16. The molecule has 7 nitrogen and oxygen atoms in total. The van der Waals surface area contributed by atoms with Crippen molar-refractivity contribution in [1.82, 2.24) is 9.97 Å². The minimum absolute atomic E-state index is 0.0813. The summed E-state index contributed by atoms with van der Waals surface area (Å²) >= 11 is 0. The van der Waals surface area contributed by atoms with Crippen LogP contribution in [0.15, 0.2) is 54.9 Å². The van der Waals surface area contributed by atoms with E-state index in [1.54, 1.807) is 18.2 Å². The van der Waals surface area contributed by atoms with Gasteiger partial charge in [-0.2, -0.15) is 13.2 Å². The first kappa shape index (κ1) is 22.4. The molecule has 2 N–H and O–H groups in total. The number of nitrogens with zero attached hydrogens (tertiary/aromatic N) is 3. The minimum Gasteiger partial charge on any atom is -0.439 e. The molecular weight excluding hydrogens is 435 g/mol. The topological polar surface area (TPSA) is 79.4 Å². The maximum atomic E-state index is 12.9. The standard InChI is InChI=1S/C23H22F3N5O2/c1-14(2)29-20-12-21(28-13-27-20)33-18-6-7-19-15(10-18)8-9-31(19)22(32)30-17-5-3-4-16(11-17)23(24,25)26/h3-7,10-14H,8-9H2,1-2H3,(H,30,32)(H,27,28,29). The SMILES string of the molecule is CC(C)Nc1cc(Oc2ccc3c(c2)CCN3C(=O)Nc2cccc(C(F)(F)F)c2)ncn1. The molecule has 1 aliphatic rings. The lowest BCUT2D eigenvalue weighted by Gasteiger charge is -2.19. The van der Waals surface area contributed by atoms with Crippen LogP contribution in [0.3, 0.4) is 0 Å². The van der Waals surface area contributed by atoms with Gasteiger partial charge in [0.25, 0.3) is 0 Å². The van der Waals surface area contributed by atoms with Crippen LogP contribution < -0.4 is 20.3 Å². The van der Waals surface area contributed by atoms with E-state index in [9.17, 15) is 18.0 Å². The highest BCUT2D eigenvalue weighted by molar-refractivity contribution is 6.03. The predicted molar refractivity (Wildman–Crippen MR) is 119 cm³/mol. The lowest BCUT2D eigenvalue weighted by Crippen LogP contribution is -2.33. The summed E-state index contributed by atoms with van der Waals surface area (Å²) in [5.41, 5.74) is 0.830. The molecule has 0 saturated carbocycles. The van der Waals surface area contributed by atoms with Gasteiger partial charge in [0.1, 0.15) is 17.9 Å². The summed E-state index contributed by atoms with van der Waals surface area (Å²) in [6.45, 7) is 4.40. The number of carbonyl (C=O) groups excluding carboxylic acids is 1. The van der Waals surface area contributed by atoms with Crippen LogP contribution in [0.5, 0.6) is 11.6 Å². The number of benzene rings is 2. The van der Waals surface area contributed by atoms with E-state index in [0.717, 1.165) is 17.7 Å². The van der Waals surface area contributed by atoms with Crippen molar-refractivity contribution in [2.75, 3.05) is 22.1 Å². The first-order chi connectivity index (χ1) is 15.7. The van der Waals surface area contributed by atoms with Crippen LogP contribution in [0.1, 0.15) is 25.0 Å². The van der Waals surface area contributed by atoms with Crippen LogP contribution in [-0.4, -0.2) is 28.6 Å². The molecule has 0 bridgehead atoms. The minimum atomic E-state index is -4.48. The van der Waals surface area contributed by atoms with Crippen LogP contribution in [0.4, 0.5) is 35.2 Å². The predicted octanol–water partition coefficient (Wildman–Crippen LogP) is 5.70. The number of rotatable bonds is 5. The molecule has 1 aromatic heterocycles. The Hall–Kier alpha value is -3.82. The molecule has 0 unspecified atom stereocenters. The number of ether oxygens (including phenoxy) is 1. The van der Waals surface area contributed by atoms with E-state index in [1.165, 1.54) is 23.4 Å².